The van der Waals surface area contributed by atoms with E-state index >= 15 is 0 Å². The summed E-state index contributed by atoms with van der Waals surface area (Å²) in [6.45, 7) is 1.57. The third kappa shape index (κ3) is 3.77. The van der Waals surface area contributed by atoms with Crippen LogP contribution in [-0.4, -0.2) is 23.1 Å². The zero-order valence-corrected chi connectivity index (χ0v) is 14.4. The van der Waals surface area contributed by atoms with Gasteiger partial charge in [0.2, 0.25) is 0 Å². The molecule has 130 valence electrons. The van der Waals surface area contributed by atoms with Gasteiger partial charge < -0.3 is 15.2 Å². The average molecular weight is 360 g/mol. The maximum Gasteiger partial charge on any atom is 0.308 e. The van der Waals surface area contributed by atoms with Gasteiger partial charge in [0.05, 0.1) is 12.0 Å². The molecule has 3 unspecified atom stereocenters. The van der Waals surface area contributed by atoms with Crippen molar-refractivity contribution in [2.24, 2.45) is 5.92 Å². The number of hydrogen-bond donors (Lipinski definition) is 2. The molecule has 25 heavy (non-hydrogen) atoms. The topological polar surface area (TPSA) is 75.6 Å². The summed E-state index contributed by atoms with van der Waals surface area (Å²) in [5.74, 6) is -1.46. The van der Waals surface area contributed by atoms with E-state index in [9.17, 15) is 14.7 Å². The molecule has 5 nitrogen and oxygen atoms in total. The molecule has 3 rings (SSSR count). The summed E-state index contributed by atoms with van der Waals surface area (Å²) in [6.07, 6.45) is -0.286. The molecule has 0 aromatic heterocycles. The van der Waals surface area contributed by atoms with Crippen molar-refractivity contribution in [3.8, 4) is 5.75 Å². The highest BCUT2D eigenvalue weighted by Crippen LogP contribution is 2.32. The molecule has 1 aliphatic heterocycles. The summed E-state index contributed by atoms with van der Waals surface area (Å²) >= 11 is 5.97. The maximum absolute atomic E-state index is 12.6. The molecule has 2 N–H and O–H groups in total. The minimum absolute atomic E-state index is 0.339. The number of nitrogens with one attached hydrogen (secondary N) is 1. The van der Waals surface area contributed by atoms with Crippen molar-refractivity contribution in [1.29, 1.82) is 0 Å². The first-order chi connectivity index (χ1) is 12.0. The van der Waals surface area contributed by atoms with Crippen molar-refractivity contribution in [2.75, 3.05) is 0 Å². The fourth-order valence-electron chi connectivity index (χ4n) is 2.91. The number of aliphatic carboxylic acids is 1. The number of carboxylic acid groups (broad SMARTS) is 1. The van der Waals surface area contributed by atoms with Crippen LogP contribution in [0.15, 0.2) is 48.5 Å². The molecule has 3 atom stereocenters. The van der Waals surface area contributed by atoms with Gasteiger partial charge in [-0.1, -0.05) is 41.9 Å². The highest BCUT2D eigenvalue weighted by molar-refractivity contribution is 6.30. The van der Waals surface area contributed by atoms with E-state index in [-0.39, 0.29) is 5.91 Å². The Labute approximate surface area is 150 Å². The summed E-state index contributed by atoms with van der Waals surface area (Å²) < 4.78 is 5.68. The summed E-state index contributed by atoms with van der Waals surface area (Å²) in [4.78, 5) is 24.1. The zero-order chi connectivity index (χ0) is 18.0. The fraction of sp³-hybridized carbons (Fsp3) is 0.263. The van der Waals surface area contributed by atoms with Crippen molar-refractivity contribution in [2.45, 2.75) is 25.5 Å². The van der Waals surface area contributed by atoms with Crippen molar-refractivity contribution in [3.05, 3.63) is 64.7 Å². The third-order valence-corrected chi connectivity index (χ3v) is 4.57. The van der Waals surface area contributed by atoms with Crippen LogP contribution in [0.2, 0.25) is 5.02 Å². The molecular weight excluding hydrogens is 342 g/mol. The number of rotatable bonds is 5. The summed E-state index contributed by atoms with van der Waals surface area (Å²) in [5.41, 5.74) is 1.61. The van der Waals surface area contributed by atoms with Crippen LogP contribution >= 0.6 is 11.6 Å². The van der Waals surface area contributed by atoms with Gasteiger partial charge in [0.15, 0.2) is 6.10 Å². The molecule has 1 amide bonds. The van der Waals surface area contributed by atoms with Gasteiger partial charge in [0, 0.05) is 11.4 Å². The van der Waals surface area contributed by atoms with Crippen LogP contribution in [0.5, 0.6) is 5.75 Å². The number of carbonyl (C=O) groups excluding carboxylic acids is 1. The van der Waals surface area contributed by atoms with Crippen LogP contribution in [0.25, 0.3) is 0 Å². The Morgan fingerprint density at radius 3 is 2.64 bits per heavy atom. The number of amides is 1. The van der Waals surface area contributed by atoms with Crippen LogP contribution < -0.4 is 10.1 Å². The van der Waals surface area contributed by atoms with Gasteiger partial charge in [-0.2, -0.15) is 0 Å². The van der Waals surface area contributed by atoms with Gasteiger partial charge in [-0.25, -0.2) is 0 Å². The minimum atomic E-state index is -0.975. The van der Waals surface area contributed by atoms with E-state index in [1.165, 1.54) is 0 Å². The van der Waals surface area contributed by atoms with E-state index in [1.54, 1.807) is 37.3 Å². The highest BCUT2D eigenvalue weighted by Gasteiger charge is 2.33. The zero-order valence-electron chi connectivity index (χ0n) is 13.6. The van der Waals surface area contributed by atoms with Gasteiger partial charge in [-0.15, -0.1) is 0 Å². The fourth-order valence-corrected chi connectivity index (χ4v) is 3.10. The lowest BCUT2D eigenvalue weighted by Crippen LogP contribution is -2.42. The monoisotopic (exact) mass is 359 g/mol. The standard InChI is InChI=1S/C19H18ClNO4/c1-11(19(23)24)17(12-5-3-2-4-6-12)21-18(22)16-10-13-9-14(20)7-8-15(13)25-16/h2-9,11,16-17H,10H2,1H3,(H,21,22)(H,23,24). The largest absolute Gasteiger partial charge is 0.481 e. The molecule has 2 aromatic carbocycles. The van der Waals surface area contributed by atoms with Gasteiger partial charge in [0.25, 0.3) is 5.91 Å². The van der Waals surface area contributed by atoms with Crippen LogP contribution in [0.4, 0.5) is 0 Å². The number of fused-ring (bicyclic) bond motifs is 1. The Kier molecular flexibility index (Phi) is 4.95. The number of halogens is 1. The second-order valence-corrected chi connectivity index (χ2v) is 6.52. The Morgan fingerprint density at radius 1 is 1.24 bits per heavy atom. The molecule has 2 aromatic rings. The maximum atomic E-state index is 12.6. The number of carbonyl (C=O) groups is 2. The molecule has 0 saturated carbocycles. The predicted octanol–water partition coefficient (Wildman–Crippen LogP) is 3.22. The van der Waals surface area contributed by atoms with E-state index in [4.69, 9.17) is 16.3 Å². The highest BCUT2D eigenvalue weighted by atomic mass is 35.5. The second-order valence-electron chi connectivity index (χ2n) is 6.09. The van der Waals surface area contributed by atoms with E-state index in [2.05, 4.69) is 5.32 Å². The summed E-state index contributed by atoms with van der Waals surface area (Å²) in [5, 5.41) is 12.8. The minimum Gasteiger partial charge on any atom is -0.481 e. The lowest BCUT2D eigenvalue weighted by Gasteiger charge is -2.24. The van der Waals surface area contributed by atoms with Gasteiger partial charge in [-0.3, -0.25) is 9.59 Å². The lowest BCUT2D eigenvalue weighted by atomic mass is 9.94. The normalized spacial score (nSPS) is 17.9. The number of hydrogen-bond acceptors (Lipinski definition) is 3. The molecule has 0 saturated heterocycles. The van der Waals surface area contributed by atoms with E-state index in [0.29, 0.717) is 17.2 Å². The predicted molar refractivity (Wildman–Crippen MR) is 93.7 cm³/mol. The van der Waals surface area contributed by atoms with Crippen LogP contribution in [0.1, 0.15) is 24.1 Å². The lowest BCUT2D eigenvalue weighted by molar-refractivity contribution is -0.142. The van der Waals surface area contributed by atoms with Crippen LogP contribution in [0, 0.1) is 5.92 Å². The molecule has 0 spiro atoms. The Hall–Kier alpha value is -2.53. The van der Waals surface area contributed by atoms with Crippen LogP contribution in [-0.2, 0) is 16.0 Å². The molecule has 0 aliphatic carbocycles. The van der Waals surface area contributed by atoms with E-state index in [0.717, 1.165) is 11.1 Å². The Balaban J connectivity index is 1.76. The molecule has 0 bridgehead atoms. The summed E-state index contributed by atoms with van der Waals surface area (Å²) in [6, 6.07) is 13.6. The van der Waals surface area contributed by atoms with Gasteiger partial charge in [0.1, 0.15) is 5.75 Å². The first kappa shape index (κ1) is 17.3. The van der Waals surface area contributed by atoms with Crippen molar-refractivity contribution in [1.82, 2.24) is 5.32 Å². The number of benzene rings is 2. The number of ether oxygens (including phenoxy) is 1. The van der Waals surface area contributed by atoms with Gasteiger partial charge >= 0.3 is 5.97 Å². The smallest absolute Gasteiger partial charge is 0.308 e. The molecular formula is C19H18ClNO4. The van der Waals surface area contributed by atoms with Crippen LogP contribution in [0.3, 0.4) is 0 Å². The van der Waals surface area contributed by atoms with Crippen molar-refractivity contribution >= 4 is 23.5 Å². The second kappa shape index (κ2) is 7.15. The first-order valence-corrected chi connectivity index (χ1v) is 8.36. The Morgan fingerprint density at radius 2 is 1.96 bits per heavy atom. The molecule has 0 fully saturated rings. The van der Waals surface area contributed by atoms with Crippen molar-refractivity contribution < 1.29 is 19.4 Å². The van der Waals surface area contributed by atoms with E-state index < -0.39 is 24.0 Å². The van der Waals surface area contributed by atoms with Crippen molar-refractivity contribution in [3.63, 3.8) is 0 Å². The van der Waals surface area contributed by atoms with E-state index in [1.807, 2.05) is 18.2 Å². The average Bonchev–Trinajstić information content (AvgIpc) is 3.02. The third-order valence-electron chi connectivity index (χ3n) is 4.34. The number of carboxylic acids is 1. The summed E-state index contributed by atoms with van der Waals surface area (Å²) in [7, 11) is 0. The SMILES string of the molecule is CC(C(=O)O)C(NC(=O)C1Cc2cc(Cl)ccc2O1)c1ccccc1. The first-order valence-electron chi connectivity index (χ1n) is 7.99. The molecule has 0 radical (unpaired) electrons. The molecule has 1 aliphatic rings. The Bertz CT molecular complexity index is 793. The molecule has 1 heterocycles. The van der Waals surface area contributed by atoms with Gasteiger partial charge in [-0.05, 0) is 36.2 Å². The quantitative estimate of drug-likeness (QED) is 0.859. The molecule has 6 heteroatoms.